The van der Waals surface area contributed by atoms with Crippen molar-refractivity contribution < 1.29 is 4.79 Å². The molecule has 0 saturated heterocycles. The molecule has 0 atom stereocenters. The standard InChI is InChI=1S/C13H19BrN2O/c1-2-3-4-5-8-16-13(17)11-9-10(15)6-7-12(11)14/h6-7,9H,2-5,8,15H2,1H3,(H,16,17). The third kappa shape index (κ3) is 4.77. The second-order valence-electron chi connectivity index (χ2n) is 4.06. The fraction of sp³-hybridized carbons (Fsp3) is 0.462. The van der Waals surface area contributed by atoms with E-state index in [1.54, 1.807) is 18.2 Å². The molecule has 0 aliphatic carbocycles. The van der Waals surface area contributed by atoms with Crippen molar-refractivity contribution in [1.29, 1.82) is 0 Å². The maximum Gasteiger partial charge on any atom is 0.252 e. The summed E-state index contributed by atoms with van der Waals surface area (Å²) in [4.78, 5) is 11.9. The maximum atomic E-state index is 11.9. The Balaban J connectivity index is 2.44. The average Bonchev–Trinajstić information content (AvgIpc) is 2.32. The molecule has 0 heterocycles. The molecule has 0 aliphatic heterocycles. The number of hydrogen-bond donors (Lipinski definition) is 2. The van der Waals surface area contributed by atoms with Crippen molar-refractivity contribution in [2.75, 3.05) is 12.3 Å². The summed E-state index contributed by atoms with van der Waals surface area (Å²) in [6.07, 6.45) is 4.61. The summed E-state index contributed by atoms with van der Waals surface area (Å²) in [5.74, 6) is -0.0688. The van der Waals surface area contributed by atoms with Crippen LogP contribution in [0.4, 0.5) is 5.69 Å². The lowest BCUT2D eigenvalue weighted by atomic mass is 10.1. The second-order valence-corrected chi connectivity index (χ2v) is 4.91. The number of hydrogen-bond acceptors (Lipinski definition) is 2. The van der Waals surface area contributed by atoms with Crippen molar-refractivity contribution in [3.8, 4) is 0 Å². The van der Waals surface area contributed by atoms with Crippen LogP contribution < -0.4 is 11.1 Å². The zero-order chi connectivity index (χ0) is 12.7. The van der Waals surface area contributed by atoms with Gasteiger partial charge in [0.25, 0.3) is 5.91 Å². The smallest absolute Gasteiger partial charge is 0.252 e. The molecule has 0 radical (unpaired) electrons. The van der Waals surface area contributed by atoms with Gasteiger partial charge in [0.2, 0.25) is 0 Å². The van der Waals surface area contributed by atoms with E-state index in [-0.39, 0.29) is 5.91 Å². The van der Waals surface area contributed by atoms with Gasteiger partial charge in [-0.1, -0.05) is 26.2 Å². The Hall–Kier alpha value is -1.03. The predicted molar refractivity (Wildman–Crippen MR) is 75.0 cm³/mol. The van der Waals surface area contributed by atoms with Crippen molar-refractivity contribution >= 4 is 27.5 Å². The number of amides is 1. The number of anilines is 1. The molecule has 1 rings (SSSR count). The fourth-order valence-corrected chi connectivity index (χ4v) is 1.99. The summed E-state index contributed by atoms with van der Waals surface area (Å²) in [5.41, 5.74) is 6.86. The van der Waals surface area contributed by atoms with Crippen LogP contribution >= 0.6 is 15.9 Å². The lowest BCUT2D eigenvalue weighted by molar-refractivity contribution is 0.0952. The minimum absolute atomic E-state index is 0.0688. The van der Waals surface area contributed by atoms with E-state index in [2.05, 4.69) is 28.2 Å². The van der Waals surface area contributed by atoms with Gasteiger partial charge in [-0.3, -0.25) is 4.79 Å². The molecule has 3 N–H and O–H groups in total. The molecule has 17 heavy (non-hydrogen) atoms. The van der Waals surface area contributed by atoms with Crippen LogP contribution in [0.25, 0.3) is 0 Å². The Kier molecular flexibility index (Phi) is 6.05. The fourth-order valence-electron chi connectivity index (χ4n) is 1.57. The SMILES string of the molecule is CCCCCCNC(=O)c1cc(N)ccc1Br. The minimum Gasteiger partial charge on any atom is -0.399 e. The lowest BCUT2D eigenvalue weighted by Crippen LogP contribution is -2.24. The van der Waals surface area contributed by atoms with Gasteiger partial charge in [0.05, 0.1) is 5.56 Å². The van der Waals surface area contributed by atoms with Gasteiger partial charge in [0.1, 0.15) is 0 Å². The lowest BCUT2D eigenvalue weighted by Gasteiger charge is -2.07. The highest BCUT2D eigenvalue weighted by atomic mass is 79.9. The summed E-state index contributed by atoms with van der Waals surface area (Å²) in [5, 5.41) is 2.90. The molecule has 0 aromatic heterocycles. The number of benzene rings is 1. The van der Waals surface area contributed by atoms with Crippen LogP contribution in [0.3, 0.4) is 0 Å². The number of nitrogens with two attached hydrogens (primary N) is 1. The third-order valence-corrected chi connectivity index (χ3v) is 3.24. The summed E-state index contributed by atoms with van der Waals surface area (Å²) < 4.78 is 0.776. The van der Waals surface area contributed by atoms with Crippen LogP contribution in [0.15, 0.2) is 22.7 Å². The number of halogens is 1. The van der Waals surface area contributed by atoms with E-state index in [4.69, 9.17) is 5.73 Å². The molecule has 1 aromatic rings. The van der Waals surface area contributed by atoms with Crippen molar-refractivity contribution in [3.05, 3.63) is 28.2 Å². The van der Waals surface area contributed by atoms with E-state index in [1.807, 2.05) is 0 Å². The highest BCUT2D eigenvalue weighted by Crippen LogP contribution is 2.19. The summed E-state index contributed by atoms with van der Waals surface area (Å²) >= 11 is 3.35. The molecular weight excluding hydrogens is 280 g/mol. The third-order valence-electron chi connectivity index (χ3n) is 2.55. The van der Waals surface area contributed by atoms with Gasteiger partial charge < -0.3 is 11.1 Å². The number of carbonyl (C=O) groups is 1. The van der Waals surface area contributed by atoms with E-state index >= 15 is 0 Å². The van der Waals surface area contributed by atoms with Gasteiger partial charge in [0, 0.05) is 16.7 Å². The molecule has 94 valence electrons. The number of rotatable bonds is 6. The van der Waals surface area contributed by atoms with Crippen LogP contribution in [0, 0.1) is 0 Å². The number of nitrogen functional groups attached to an aromatic ring is 1. The highest BCUT2D eigenvalue weighted by Gasteiger charge is 2.09. The van der Waals surface area contributed by atoms with E-state index in [0.717, 1.165) is 23.9 Å². The van der Waals surface area contributed by atoms with Crippen molar-refractivity contribution in [3.63, 3.8) is 0 Å². The highest BCUT2D eigenvalue weighted by molar-refractivity contribution is 9.10. The molecule has 0 aliphatic rings. The molecule has 0 fully saturated rings. The largest absolute Gasteiger partial charge is 0.399 e. The average molecular weight is 299 g/mol. The van der Waals surface area contributed by atoms with Gasteiger partial charge in [-0.05, 0) is 40.5 Å². The van der Waals surface area contributed by atoms with E-state index in [1.165, 1.54) is 12.8 Å². The van der Waals surface area contributed by atoms with Gasteiger partial charge in [-0.15, -0.1) is 0 Å². The molecule has 0 spiro atoms. The molecular formula is C13H19BrN2O. The quantitative estimate of drug-likeness (QED) is 0.625. The van der Waals surface area contributed by atoms with Crippen LogP contribution in [-0.2, 0) is 0 Å². The topological polar surface area (TPSA) is 55.1 Å². The first-order valence-electron chi connectivity index (χ1n) is 5.98. The van der Waals surface area contributed by atoms with E-state index < -0.39 is 0 Å². The van der Waals surface area contributed by atoms with Crippen molar-refractivity contribution in [1.82, 2.24) is 5.32 Å². The summed E-state index contributed by atoms with van der Waals surface area (Å²) in [6, 6.07) is 5.24. The number of unbranched alkanes of at least 4 members (excludes halogenated alkanes) is 3. The first-order valence-corrected chi connectivity index (χ1v) is 6.77. The first kappa shape index (κ1) is 14.0. The second kappa shape index (κ2) is 7.33. The molecule has 0 unspecified atom stereocenters. The molecule has 1 amide bonds. The van der Waals surface area contributed by atoms with Gasteiger partial charge in [-0.2, -0.15) is 0 Å². The zero-order valence-electron chi connectivity index (χ0n) is 10.1. The number of carbonyl (C=O) groups excluding carboxylic acids is 1. The van der Waals surface area contributed by atoms with Crippen LogP contribution in [0.2, 0.25) is 0 Å². The first-order chi connectivity index (χ1) is 8.15. The Labute approximate surface area is 111 Å². The summed E-state index contributed by atoms with van der Waals surface area (Å²) in [7, 11) is 0. The minimum atomic E-state index is -0.0688. The van der Waals surface area contributed by atoms with Crippen molar-refractivity contribution in [2.24, 2.45) is 0 Å². The molecule has 1 aromatic carbocycles. The Morgan fingerprint density at radius 2 is 2.12 bits per heavy atom. The Morgan fingerprint density at radius 3 is 2.82 bits per heavy atom. The van der Waals surface area contributed by atoms with Crippen LogP contribution in [-0.4, -0.2) is 12.5 Å². The molecule has 4 heteroatoms. The monoisotopic (exact) mass is 298 g/mol. The maximum absolute atomic E-state index is 11.9. The molecule has 0 bridgehead atoms. The van der Waals surface area contributed by atoms with Gasteiger partial charge in [-0.25, -0.2) is 0 Å². The van der Waals surface area contributed by atoms with Gasteiger partial charge >= 0.3 is 0 Å². The van der Waals surface area contributed by atoms with Crippen LogP contribution in [0.1, 0.15) is 43.0 Å². The Morgan fingerprint density at radius 1 is 1.35 bits per heavy atom. The summed E-state index contributed by atoms with van der Waals surface area (Å²) in [6.45, 7) is 2.89. The normalized spacial score (nSPS) is 10.2. The van der Waals surface area contributed by atoms with E-state index in [0.29, 0.717) is 11.3 Å². The van der Waals surface area contributed by atoms with Crippen LogP contribution in [0.5, 0.6) is 0 Å². The predicted octanol–water partition coefficient (Wildman–Crippen LogP) is 3.34. The zero-order valence-corrected chi connectivity index (χ0v) is 11.7. The molecule has 0 saturated carbocycles. The van der Waals surface area contributed by atoms with Gasteiger partial charge in [0.15, 0.2) is 0 Å². The van der Waals surface area contributed by atoms with E-state index in [9.17, 15) is 4.79 Å². The van der Waals surface area contributed by atoms with Crippen molar-refractivity contribution in [2.45, 2.75) is 32.6 Å². The molecule has 3 nitrogen and oxygen atoms in total. The Bertz CT molecular complexity index is 380. The number of nitrogens with one attached hydrogen (secondary N) is 1.